The highest BCUT2D eigenvalue weighted by atomic mass is 16.6. The Kier molecular flexibility index (Phi) is 3.90. The van der Waals surface area contributed by atoms with Crippen molar-refractivity contribution in [3.63, 3.8) is 0 Å². The first-order chi connectivity index (χ1) is 7.00. The van der Waals surface area contributed by atoms with Crippen molar-refractivity contribution in [3.8, 4) is 0 Å². The Balaban J connectivity index is 2.39. The SMILES string of the molecule is CN(C)CCN1CCC(C(=O)O)OC1=O. The first kappa shape index (κ1) is 11.8. The predicted molar refractivity (Wildman–Crippen MR) is 52.6 cm³/mol. The molecule has 1 fully saturated rings. The monoisotopic (exact) mass is 216 g/mol. The van der Waals surface area contributed by atoms with E-state index in [4.69, 9.17) is 9.84 Å². The van der Waals surface area contributed by atoms with Gasteiger partial charge in [0.1, 0.15) is 0 Å². The minimum Gasteiger partial charge on any atom is -0.479 e. The summed E-state index contributed by atoms with van der Waals surface area (Å²) < 4.78 is 4.76. The molecule has 6 heteroatoms. The summed E-state index contributed by atoms with van der Waals surface area (Å²) in [5, 5.41) is 8.66. The van der Waals surface area contributed by atoms with E-state index < -0.39 is 18.2 Å². The topological polar surface area (TPSA) is 70.1 Å². The van der Waals surface area contributed by atoms with Gasteiger partial charge in [0.15, 0.2) is 0 Å². The lowest BCUT2D eigenvalue weighted by atomic mass is 10.2. The highest BCUT2D eigenvalue weighted by Gasteiger charge is 2.31. The van der Waals surface area contributed by atoms with Crippen molar-refractivity contribution in [2.75, 3.05) is 33.7 Å². The molecule has 0 aromatic heterocycles. The molecule has 0 spiro atoms. The van der Waals surface area contributed by atoms with Gasteiger partial charge in [0.05, 0.1) is 0 Å². The first-order valence-electron chi connectivity index (χ1n) is 4.84. The van der Waals surface area contributed by atoms with Gasteiger partial charge in [0.25, 0.3) is 0 Å². The van der Waals surface area contributed by atoms with Crippen molar-refractivity contribution in [3.05, 3.63) is 0 Å². The molecule has 86 valence electrons. The summed E-state index contributed by atoms with van der Waals surface area (Å²) in [5.74, 6) is -1.07. The van der Waals surface area contributed by atoms with Crippen molar-refractivity contribution in [1.29, 1.82) is 0 Å². The van der Waals surface area contributed by atoms with Crippen molar-refractivity contribution >= 4 is 12.1 Å². The number of rotatable bonds is 4. The van der Waals surface area contributed by atoms with E-state index in [9.17, 15) is 9.59 Å². The van der Waals surface area contributed by atoms with Crippen LogP contribution in [-0.4, -0.2) is 66.8 Å². The van der Waals surface area contributed by atoms with Gasteiger partial charge in [0, 0.05) is 26.1 Å². The zero-order valence-corrected chi connectivity index (χ0v) is 8.97. The number of aliphatic carboxylic acids is 1. The lowest BCUT2D eigenvalue weighted by molar-refractivity contribution is -0.149. The van der Waals surface area contributed by atoms with Crippen LogP contribution in [0.15, 0.2) is 0 Å². The molecule has 1 unspecified atom stereocenters. The molecule has 0 aromatic rings. The molecule has 1 aliphatic rings. The van der Waals surface area contributed by atoms with E-state index in [-0.39, 0.29) is 0 Å². The quantitative estimate of drug-likeness (QED) is 0.707. The van der Waals surface area contributed by atoms with Gasteiger partial charge >= 0.3 is 12.1 Å². The molecule has 1 rings (SSSR count). The Morgan fingerprint density at radius 2 is 2.33 bits per heavy atom. The highest BCUT2D eigenvalue weighted by Crippen LogP contribution is 2.11. The fourth-order valence-corrected chi connectivity index (χ4v) is 1.32. The normalized spacial score (nSPS) is 21.7. The number of carbonyl (C=O) groups excluding carboxylic acids is 1. The largest absolute Gasteiger partial charge is 0.479 e. The molecular formula is C9H16N2O4. The van der Waals surface area contributed by atoms with Crippen LogP contribution in [0.25, 0.3) is 0 Å². The zero-order valence-electron chi connectivity index (χ0n) is 8.97. The Labute approximate surface area is 88.4 Å². The number of hydrogen-bond acceptors (Lipinski definition) is 4. The van der Waals surface area contributed by atoms with Crippen molar-refractivity contribution in [1.82, 2.24) is 9.80 Å². The van der Waals surface area contributed by atoms with E-state index in [1.54, 1.807) is 0 Å². The number of ether oxygens (including phenoxy) is 1. The molecule has 0 saturated carbocycles. The molecule has 0 bridgehead atoms. The minimum atomic E-state index is -1.07. The molecule has 15 heavy (non-hydrogen) atoms. The Morgan fingerprint density at radius 3 is 2.80 bits per heavy atom. The van der Waals surface area contributed by atoms with Gasteiger partial charge in [0.2, 0.25) is 6.10 Å². The number of carbonyl (C=O) groups is 2. The summed E-state index contributed by atoms with van der Waals surface area (Å²) in [6, 6.07) is 0. The fourth-order valence-electron chi connectivity index (χ4n) is 1.32. The smallest absolute Gasteiger partial charge is 0.410 e. The van der Waals surface area contributed by atoms with Crippen LogP contribution in [0.2, 0.25) is 0 Å². The van der Waals surface area contributed by atoms with Gasteiger partial charge < -0.3 is 19.6 Å². The summed E-state index contributed by atoms with van der Waals surface area (Å²) >= 11 is 0. The van der Waals surface area contributed by atoms with Crippen molar-refractivity contribution in [2.24, 2.45) is 0 Å². The minimum absolute atomic E-state index is 0.356. The molecule has 1 N–H and O–H groups in total. The summed E-state index contributed by atoms with van der Waals surface area (Å²) in [6.07, 6.45) is -1.15. The molecule has 1 aliphatic heterocycles. The van der Waals surface area contributed by atoms with E-state index in [0.29, 0.717) is 19.5 Å². The average Bonchev–Trinajstić information content (AvgIpc) is 2.15. The van der Waals surface area contributed by atoms with Crippen LogP contribution < -0.4 is 0 Å². The maximum atomic E-state index is 11.3. The number of carboxylic acid groups (broad SMARTS) is 1. The van der Waals surface area contributed by atoms with Gasteiger partial charge in [-0.2, -0.15) is 0 Å². The van der Waals surface area contributed by atoms with Gasteiger partial charge in [-0.3, -0.25) is 0 Å². The summed E-state index contributed by atoms with van der Waals surface area (Å²) in [6.45, 7) is 1.76. The lowest BCUT2D eigenvalue weighted by Gasteiger charge is -2.30. The molecule has 1 amide bonds. The second kappa shape index (κ2) is 4.97. The third kappa shape index (κ3) is 3.39. The number of hydrogen-bond donors (Lipinski definition) is 1. The van der Waals surface area contributed by atoms with Gasteiger partial charge in [-0.25, -0.2) is 9.59 Å². The number of likely N-dealkylation sites (N-methyl/N-ethyl adjacent to an activating group) is 1. The maximum Gasteiger partial charge on any atom is 0.410 e. The van der Waals surface area contributed by atoms with E-state index in [1.807, 2.05) is 19.0 Å². The van der Waals surface area contributed by atoms with Crippen LogP contribution in [0.1, 0.15) is 6.42 Å². The third-order valence-electron chi connectivity index (χ3n) is 2.26. The fraction of sp³-hybridized carbons (Fsp3) is 0.778. The molecular weight excluding hydrogens is 200 g/mol. The van der Waals surface area contributed by atoms with Gasteiger partial charge in [-0.05, 0) is 14.1 Å². The second-order valence-corrected chi connectivity index (χ2v) is 3.79. The first-order valence-corrected chi connectivity index (χ1v) is 4.84. The molecule has 0 aromatic carbocycles. The number of carboxylic acids is 1. The van der Waals surface area contributed by atoms with Crippen LogP contribution in [0, 0.1) is 0 Å². The number of amides is 1. The molecule has 0 radical (unpaired) electrons. The van der Waals surface area contributed by atoms with E-state index in [1.165, 1.54) is 4.90 Å². The lowest BCUT2D eigenvalue weighted by Crippen LogP contribution is -2.46. The second-order valence-electron chi connectivity index (χ2n) is 3.79. The van der Waals surface area contributed by atoms with Crippen LogP contribution >= 0.6 is 0 Å². The molecule has 1 atom stereocenters. The van der Waals surface area contributed by atoms with Crippen LogP contribution in [0.3, 0.4) is 0 Å². The van der Waals surface area contributed by atoms with Gasteiger partial charge in [-0.1, -0.05) is 0 Å². The zero-order chi connectivity index (χ0) is 11.4. The maximum absolute atomic E-state index is 11.3. The molecule has 0 aliphatic carbocycles. The van der Waals surface area contributed by atoms with Crippen LogP contribution in [-0.2, 0) is 9.53 Å². The standard InChI is InChI=1S/C9H16N2O4/c1-10(2)5-6-11-4-3-7(8(12)13)15-9(11)14/h7H,3-6H2,1-2H3,(H,12,13). The van der Waals surface area contributed by atoms with Crippen LogP contribution in [0.5, 0.6) is 0 Å². The highest BCUT2D eigenvalue weighted by molar-refractivity contribution is 5.78. The summed E-state index contributed by atoms with van der Waals surface area (Å²) in [5.41, 5.74) is 0. The van der Waals surface area contributed by atoms with Crippen LogP contribution in [0.4, 0.5) is 4.79 Å². The van der Waals surface area contributed by atoms with Gasteiger partial charge in [-0.15, -0.1) is 0 Å². The molecule has 1 heterocycles. The molecule has 6 nitrogen and oxygen atoms in total. The third-order valence-corrected chi connectivity index (χ3v) is 2.26. The summed E-state index contributed by atoms with van der Waals surface area (Å²) in [4.78, 5) is 25.4. The predicted octanol–water partition coefficient (Wildman–Crippen LogP) is -0.156. The van der Waals surface area contributed by atoms with Crippen molar-refractivity contribution < 1.29 is 19.4 Å². The van der Waals surface area contributed by atoms with Crippen molar-refractivity contribution in [2.45, 2.75) is 12.5 Å². The number of nitrogens with zero attached hydrogens (tertiary/aromatic N) is 2. The van der Waals surface area contributed by atoms with E-state index in [0.717, 1.165) is 6.54 Å². The molecule has 1 saturated heterocycles. The van der Waals surface area contributed by atoms with E-state index >= 15 is 0 Å². The Hall–Kier alpha value is -1.30. The Bertz CT molecular complexity index is 254. The van der Waals surface area contributed by atoms with E-state index in [2.05, 4.69) is 0 Å². The Morgan fingerprint density at radius 1 is 1.67 bits per heavy atom. The average molecular weight is 216 g/mol. The number of cyclic esters (lactones) is 1. The summed E-state index contributed by atoms with van der Waals surface area (Å²) in [7, 11) is 3.82.